The minimum atomic E-state index is -3.34. The Morgan fingerprint density at radius 2 is 1.35 bits per heavy atom. The summed E-state index contributed by atoms with van der Waals surface area (Å²) in [6, 6.07) is 0. The summed E-state index contributed by atoms with van der Waals surface area (Å²) in [5.41, 5.74) is 0. The number of piperidine rings is 2. The van der Waals surface area contributed by atoms with Crippen molar-refractivity contribution in [3.05, 3.63) is 0 Å². The van der Waals surface area contributed by atoms with E-state index in [1.54, 1.807) is 8.61 Å². The van der Waals surface area contributed by atoms with Crippen molar-refractivity contribution in [1.29, 1.82) is 0 Å². The Hall–Kier alpha value is -0.210. The Kier molecular flexibility index (Phi) is 5.96. The molecular weight excluding hydrogens is 314 g/mol. The molecule has 0 saturated carbocycles. The number of rotatable bonds is 5. The summed E-state index contributed by atoms with van der Waals surface area (Å²) in [5.74, 6) is 0.342. The molecule has 3 rings (SSSR count). The molecular formula is C16H31N3O3S. The van der Waals surface area contributed by atoms with Crippen molar-refractivity contribution in [1.82, 2.24) is 13.5 Å². The molecule has 0 spiro atoms. The molecule has 7 heteroatoms. The summed E-state index contributed by atoms with van der Waals surface area (Å²) < 4.78 is 29.0. The fraction of sp³-hybridized carbons (Fsp3) is 1.00. The summed E-state index contributed by atoms with van der Waals surface area (Å²) in [7, 11) is -3.34. The molecule has 3 heterocycles. The Morgan fingerprint density at radius 3 is 1.96 bits per heavy atom. The second-order valence-corrected chi connectivity index (χ2v) is 9.28. The van der Waals surface area contributed by atoms with Gasteiger partial charge in [-0.15, -0.1) is 0 Å². The summed E-state index contributed by atoms with van der Waals surface area (Å²) in [4.78, 5) is 2.45. The molecule has 0 radical (unpaired) electrons. The van der Waals surface area contributed by atoms with Crippen LogP contribution in [-0.4, -0.2) is 79.5 Å². The van der Waals surface area contributed by atoms with E-state index in [1.807, 2.05) is 0 Å². The van der Waals surface area contributed by atoms with E-state index in [0.29, 0.717) is 26.2 Å². The highest BCUT2D eigenvalue weighted by Gasteiger charge is 2.41. The minimum Gasteiger partial charge on any atom is -0.396 e. The van der Waals surface area contributed by atoms with Gasteiger partial charge in [0, 0.05) is 45.2 Å². The van der Waals surface area contributed by atoms with Crippen LogP contribution in [0, 0.1) is 11.8 Å². The number of aliphatic hydroxyl groups excluding tert-OH is 1. The van der Waals surface area contributed by atoms with Crippen LogP contribution >= 0.6 is 0 Å². The van der Waals surface area contributed by atoms with E-state index in [9.17, 15) is 13.5 Å². The Morgan fingerprint density at radius 1 is 0.783 bits per heavy atom. The average molecular weight is 346 g/mol. The zero-order valence-corrected chi connectivity index (χ0v) is 14.9. The predicted molar refractivity (Wildman–Crippen MR) is 90.3 cm³/mol. The predicted octanol–water partition coefficient (Wildman–Crippen LogP) is 0.743. The van der Waals surface area contributed by atoms with Crippen LogP contribution in [0.15, 0.2) is 0 Å². The molecule has 0 aromatic heterocycles. The zero-order valence-electron chi connectivity index (χ0n) is 14.1. The highest BCUT2D eigenvalue weighted by Crippen LogP contribution is 2.29. The van der Waals surface area contributed by atoms with Crippen molar-refractivity contribution in [2.45, 2.75) is 38.5 Å². The lowest BCUT2D eigenvalue weighted by molar-refractivity contribution is 0.149. The van der Waals surface area contributed by atoms with Gasteiger partial charge < -0.3 is 10.0 Å². The standard InChI is InChI=1S/C16H31N3O3S/c20-14-16-13-19(23(21,22)18-9-5-2-6-10-18)12-15(16)11-17-7-3-1-4-8-17/h15-16,20H,1-14H2/t15-,16-/m1/s1. The summed E-state index contributed by atoms with van der Waals surface area (Å²) >= 11 is 0. The number of likely N-dealkylation sites (tertiary alicyclic amines) is 1. The van der Waals surface area contributed by atoms with Gasteiger partial charge in [-0.25, -0.2) is 0 Å². The molecule has 3 saturated heterocycles. The van der Waals surface area contributed by atoms with Gasteiger partial charge in [0.05, 0.1) is 0 Å². The molecule has 3 aliphatic rings. The number of aliphatic hydroxyl groups is 1. The normalized spacial score (nSPS) is 32.4. The number of hydrogen-bond acceptors (Lipinski definition) is 4. The first-order valence-electron chi connectivity index (χ1n) is 9.19. The van der Waals surface area contributed by atoms with E-state index < -0.39 is 10.2 Å². The SMILES string of the molecule is O=S(=O)(N1CCCCC1)N1C[C@@H](CN2CCCCC2)[C@@H](CO)C1. The van der Waals surface area contributed by atoms with Crippen molar-refractivity contribution >= 4 is 10.2 Å². The van der Waals surface area contributed by atoms with E-state index in [0.717, 1.165) is 38.9 Å². The van der Waals surface area contributed by atoms with Crippen molar-refractivity contribution in [2.24, 2.45) is 11.8 Å². The van der Waals surface area contributed by atoms with Gasteiger partial charge in [0.15, 0.2) is 0 Å². The first kappa shape index (κ1) is 17.6. The first-order chi connectivity index (χ1) is 11.1. The van der Waals surface area contributed by atoms with Crippen LogP contribution in [0.3, 0.4) is 0 Å². The third-order valence-corrected chi connectivity index (χ3v) is 7.65. The van der Waals surface area contributed by atoms with Gasteiger partial charge in [0.1, 0.15) is 0 Å². The summed E-state index contributed by atoms with van der Waals surface area (Å²) in [6.45, 7) is 5.61. The maximum absolute atomic E-state index is 12.8. The zero-order chi connectivity index (χ0) is 16.3. The quantitative estimate of drug-likeness (QED) is 0.798. The molecule has 6 nitrogen and oxygen atoms in total. The monoisotopic (exact) mass is 345 g/mol. The van der Waals surface area contributed by atoms with Gasteiger partial charge in [-0.1, -0.05) is 12.8 Å². The van der Waals surface area contributed by atoms with Gasteiger partial charge >= 0.3 is 0 Å². The van der Waals surface area contributed by atoms with Crippen LogP contribution in [0.4, 0.5) is 0 Å². The second kappa shape index (κ2) is 7.78. The third kappa shape index (κ3) is 4.07. The molecule has 0 aliphatic carbocycles. The fourth-order valence-electron chi connectivity index (χ4n) is 4.23. The van der Waals surface area contributed by atoms with Crippen molar-refractivity contribution in [3.8, 4) is 0 Å². The molecule has 0 aromatic rings. The van der Waals surface area contributed by atoms with Crippen molar-refractivity contribution in [2.75, 3.05) is 52.4 Å². The number of hydrogen-bond donors (Lipinski definition) is 1. The lowest BCUT2D eigenvalue weighted by Gasteiger charge is -2.31. The fourth-order valence-corrected chi connectivity index (χ4v) is 6.04. The first-order valence-corrected chi connectivity index (χ1v) is 10.6. The molecule has 134 valence electrons. The maximum Gasteiger partial charge on any atom is 0.281 e. The molecule has 1 N–H and O–H groups in total. The molecule has 3 fully saturated rings. The summed E-state index contributed by atoms with van der Waals surface area (Å²) in [5, 5.41) is 9.71. The van der Waals surface area contributed by atoms with E-state index in [4.69, 9.17) is 0 Å². The van der Waals surface area contributed by atoms with Crippen LogP contribution in [0.25, 0.3) is 0 Å². The Bertz CT molecular complexity index is 473. The molecule has 0 unspecified atom stereocenters. The van der Waals surface area contributed by atoms with Gasteiger partial charge in [-0.3, -0.25) is 0 Å². The smallest absolute Gasteiger partial charge is 0.281 e. The van der Waals surface area contributed by atoms with Gasteiger partial charge in [-0.05, 0) is 44.7 Å². The van der Waals surface area contributed by atoms with Crippen LogP contribution in [0.5, 0.6) is 0 Å². The van der Waals surface area contributed by atoms with E-state index in [2.05, 4.69) is 4.90 Å². The van der Waals surface area contributed by atoms with Crippen LogP contribution in [-0.2, 0) is 10.2 Å². The van der Waals surface area contributed by atoms with Crippen LogP contribution < -0.4 is 0 Å². The molecule has 2 atom stereocenters. The van der Waals surface area contributed by atoms with E-state index in [-0.39, 0.29) is 18.4 Å². The lowest BCUT2D eigenvalue weighted by atomic mass is 9.95. The van der Waals surface area contributed by atoms with Gasteiger partial charge in [0.2, 0.25) is 0 Å². The maximum atomic E-state index is 12.8. The minimum absolute atomic E-state index is 0.0801. The highest BCUT2D eigenvalue weighted by atomic mass is 32.2. The average Bonchev–Trinajstić information content (AvgIpc) is 3.00. The van der Waals surface area contributed by atoms with E-state index in [1.165, 1.54) is 19.3 Å². The molecule has 0 aromatic carbocycles. The van der Waals surface area contributed by atoms with Crippen molar-refractivity contribution in [3.63, 3.8) is 0 Å². The van der Waals surface area contributed by atoms with Gasteiger partial charge in [-0.2, -0.15) is 17.0 Å². The topological polar surface area (TPSA) is 64.1 Å². The van der Waals surface area contributed by atoms with Crippen molar-refractivity contribution < 1.29 is 13.5 Å². The molecule has 0 amide bonds. The Labute approximate surface area is 140 Å². The highest BCUT2D eigenvalue weighted by molar-refractivity contribution is 7.86. The molecule has 0 bridgehead atoms. The van der Waals surface area contributed by atoms with E-state index >= 15 is 0 Å². The summed E-state index contributed by atoms with van der Waals surface area (Å²) in [6.07, 6.45) is 6.85. The lowest BCUT2D eigenvalue weighted by Crippen LogP contribution is -2.45. The third-order valence-electron chi connectivity index (χ3n) is 5.69. The largest absolute Gasteiger partial charge is 0.396 e. The van der Waals surface area contributed by atoms with Crippen LogP contribution in [0.2, 0.25) is 0 Å². The Balaban J connectivity index is 1.62. The molecule has 23 heavy (non-hydrogen) atoms. The second-order valence-electron chi connectivity index (χ2n) is 7.35. The van der Waals surface area contributed by atoms with Crippen LogP contribution in [0.1, 0.15) is 38.5 Å². The van der Waals surface area contributed by atoms with Gasteiger partial charge in [0.25, 0.3) is 10.2 Å². The molecule has 3 aliphatic heterocycles. The number of nitrogens with zero attached hydrogens (tertiary/aromatic N) is 3.